The summed E-state index contributed by atoms with van der Waals surface area (Å²) in [7, 11) is 11.1. The third-order valence-electron chi connectivity index (χ3n) is 11.6. The van der Waals surface area contributed by atoms with Gasteiger partial charge in [0.15, 0.2) is 17.5 Å². The molecule has 0 unspecified atom stereocenters. The van der Waals surface area contributed by atoms with Crippen molar-refractivity contribution in [2.45, 2.75) is 0 Å². The van der Waals surface area contributed by atoms with E-state index in [-0.39, 0.29) is 0 Å². The van der Waals surface area contributed by atoms with Crippen LogP contribution >= 0.6 is 0 Å². The lowest BCUT2D eigenvalue weighted by Gasteiger charge is -2.20. The summed E-state index contributed by atoms with van der Waals surface area (Å²) in [6.45, 7) is 0. The predicted octanol–water partition coefficient (Wildman–Crippen LogP) is 2.83. The van der Waals surface area contributed by atoms with E-state index in [4.69, 9.17) is 19.4 Å². The van der Waals surface area contributed by atoms with Gasteiger partial charge in [0.05, 0.1) is 11.0 Å². The van der Waals surface area contributed by atoms with Crippen LogP contribution in [-0.2, 0) is 0 Å². The van der Waals surface area contributed by atoms with Crippen LogP contribution in [0.15, 0.2) is 144 Å². The van der Waals surface area contributed by atoms with Crippen molar-refractivity contribution >= 4 is 110 Å². The van der Waals surface area contributed by atoms with Crippen molar-refractivity contribution < 1.29 is 4.42 Å². The van der Waals surface area contributed by atoms with E-state index in [2.05, 4.69) is 153 Å². The highest BCUT2D eigenvalue weighted by atomic mass is 16.3. The summed E-state index contributed by atoms with van der Waals surface area (Å²) in [5.74, 6) is 1.85. The molecule has 0 saturated carbocycles. The quantitative estimate of drug-likeness (QED) is 0.260. The number of rotatable bonds is 5. The molecule has 3 aromatic heterocycles. The Morgan fingerprint density at radius 1 is 0.382 bits per heavy atom. The van der Waals surface area contributed by atoms with Crippen LogP contribution in [0.4, 0.5) is 0 Å². The molecule has 0 radical (unpaired) electrons. The molecular weight excluding hydrogens is 667 g/mol. The SMILES string of the molecule is Bc1c(B)c(B)c(-c2cccc(-c3nc(-c4ccccc4)nc(-c4ccc5c(c4)oc4ccc(-n6c7ccccc7c7ccccc76)cc45)n3)c2)c(B)c1B. The van der Waals surface area contributed by atoms with Gasteiger partial charge in [0.2, 0.25) is 0 Å². The van der Waals surface area contributed by atoms with E-state index in [1.807, 2.05) is 30.3 Å². The van der Waals surface area contributed by atoms with Gasteiger partial charge in [0.25, 0.3) is 0 Å². The molecule has 10 heteroatoms. The summed E-state index contributed by atoms with van der Waals surface area (Å²) in [5.41, 5.74) is 16.9. The van der Waals surface area contributed by atoms with Crippen LogP contribution in [0.5, 0.6) is 0 Å². The lowest BCUT2D eigenvalue weighted by molar-refractivity contribution is 0.669. The Morgan fingerprint density at radius 3 is 1.60 bits per heavy atom. The van der Waals surface area contributed by atoms with Crippen LogP contribution in [0, 0.1) is 0 Å². The fraction of sp³-hybridized carbons (Fsp3) is 0. The number of nitrogens with zero attached hydrogens (tertiary/aromatic N) is 4. The van der Waals surface area contributed by atoms with Crippen molar-refractivity contribution in [2.75, 3.05) is 0 Å². The van der Waals surface area contributed by atoms with E-state index >= 15 is 0 Å². The number of hydrogen-bond donors (Lipinski definition) is 0. The molecule has 0 aliphatic carbocycles. The number of benzene rings is 7. The summed E-state index contributed by atoms with van der Waals surface area (Å²) >= 11 is 0. The molecule has 0 aliphatic rings. The first-order valence-electron chi connectivity index (χ1n) is 18.8. The average Bonchev–Trinajstić information content (AvgIpc) is 3.77. The zero-order valence-corrected chi connectivity index (χ0v) is 31.5. The zero-order chi connectivity index (χ0) is 37.4. The molecule has 0 bridgehead atoms. The first kappa shape index (κ1) is 33.1. The van der Waals surface area contributed by atoms with Gasteiger partial charge >= 0.3 is 0 Å². The molecule has 0 atom stereocenters. The van der Waals surface area contributed by atoms with Crippen LogP contribution in [-0.4, -0.2) is 58.8 Å². The Bertz CT molecular complexity index is 3090. The number of para-hydroxylation sites is 2. The normalized spacial score (nSPS) is 11.6. The molecule has 254 valence electrons. The minimum absolute atomic E-state index is 0.594. The van der Waals surface area contributed by atoms with Crippen molar-refractivity contribution in [3.05, 3.63) is 140 Å². The second kappa shape index (κ2) is 12.8. The second-order valence-corrected chi connectivity index (χ2v) is 14.6. The molecule has 0 fully saturated rings. The fourth-order valence-corrected chi connectivity index (χ4v) is 8.34. The molecule has 0 saturated heterocycles. The predicted molar refractivity (Wildman–Crippen MR) is 244 cm³/mol. The van der Waals surface area contributed by atoms with Crippen molar-refractivity contribution in [1.82, 2.24) is 19.5 Å². The number of fused-ring (bicyclic) bond motifs is 6. The lowest BCUT2D eigenvalue weighted by Crippen LogP contribution is -2.55. The van der Waals surface area contributed by atoms with E-state index in [0.29, 0.717) is 17.5 Å². The van der Waals surface area contributed by atoms with Gasteiger partial charge in [-0.1, -0.05) is 102 Å². The molecule has 55 heavy (non-hydrogen) atoms. The summed E-state index contributed by atoms with van der Waals surface area (Å²) in [4.78, 5) is 15.2. The summed E-state index contributed by atoms with van der Waals surface area (Å²) < 4.78 is 8.87. The van der Waals surface area contributed by atoms with Gasteiger partial charge in [0.1, 0.15) is 50.4 Å². The summed E-state index contributed by atoms with van der Waals surface area (Å²) in [6, 6.07) is 48.7. The smallest absolute Gasteiger partial charge is 0.164 e. The maximum Gasteiger partial charge on any atom is 0.164 e. The second-order valence-electron chi connectivity index (χ2n) is 14.6. The van der Waals surface area contributed by atoms with Crippen LogP contribution < -0.4 is 27.3 Å². The molecular formula is C45H33B5N4O. The maximum atomic E-state index is 6.53. The van der Waals surface area contributed by atoms with E-state index in [1.54, 1.807) is 0 Å². The Kier molecular flexibility index (Phi) is 7.70. The highest BCUT2D eigenvalue weighted by Gasteiger charge is 2.18. The minimum atomic E-state index is 0.594. The lowest BCUT2D eigenvalue weighted by atomic mass is 9.59. The number of aromatic nitrogens is 4. The van der Waals surface area contributed by atoms with Crippen molar-refractivity contribution in [3.8, 4) is 51.0 Å². The Hall–Kier alpha value is -6.53. The third-order valence-corrected chi connectivity index (χ3v) is 11.6. The van der Waals surface area contributed by atoms with Crippen molar-refractivity contribution in [3.63, 3.8) is 0 Å². The Labute approximate surface area is 323 Å². The first-order valence-corrected chi connectivity index (χ1v) is 18.8. The largest absolute Gasteiger partial charge is 0.456 e. The number of hydrogen-bond acceptors (Lipinski definition) is 4. The minimum Gasteiger partial charge on any atom is -0.456 e. The van der Waals surface area contributed by atoms with E-state index < -0.39 is 0 Å². The van der Waals surface area contributed by atoms with Gasteiger partial charge in [-0.2, -0.15) is 0 Å². The topological polar surface area (TPSA) is 56.7 Å². The molecule has 10 rings (SSSR count). The molecule has 0 spiro atoms. The van der Waals surface area contributed by atoms with Gasteiger partial charge in [-0.3, -0.25) is 0 Å². The van der Waals surface area contributed by atoms with Gasteiger partial charge in [-0.05, 0) is 59.7 Å². The zero-order valence-electron chi connectivity index (χ0n) is 31.5. The molecule has 5 nitrogen and oxygen atoms in total. The Balaban J connectivity index is 1.10. The van der Waals surface area contributed by atoms with E-state index in [9.17, 15) is 0 Å². The summed E-state index contributed by atoms with van der Waals surface area (Å²) in [5, 5.41) is 4.58. The van der Waals surface area contributed by atoms with Crippen molar-refractivity contribution in [2.24, 2.45) is 0 Å². The fourth-order valence-electron chi connectivity index (χ4n) is 8.34. The Morgan fingerprint density at radius 2 is 0.927 bits per heavy atom. The van der Waals surface area contributed by atoms with Gasteiger partial charge in [-0.15, -0.1) is 16.4 Å². The third kappa shape index (κ3) is 5.35. The highest BCUT2D eigenvalue weighted by Crippen LogP contribution is 2.37. The van der Waals surface area contributed by atoms with Gasteiger partial charge in [0, 0.05) is 43.9 Å². The van der Waals surface area contributed by atoms with Crippen LogP contribution in [0.1, 0.15) is 0 Å². The maximum absolute atomic E-state index is 6.53. The molecule has 0 N–H and O–H groups in total. The van der Waals surface area contributed by atoms with Gasteiger partial charge < -0.3 is 8.98 Å². The number of furan rings is 1. The monoisotopic (exact) mass is 700 g/mol. The molecule has 3 heterocycles. The summed E-state index contributed by atoms with van der Waals surface area (Å²) in [6.07, 6.45) is 0. The molecule has 0 aliphatic heterocycles. The van der Waals surface area contributed by atoms with Crippen LogP contribution in [0.3, 0.4) is 0 Å². The molecule has 0 amide bonds. The van der Waals surface area contributed by atoms with Crippen LogP contribution in [0.25, 0.3) is 94.7 Å². The molecule has 7 aromatic carbocycles. The average molecular weight is 700 g/mol. The van der Waals surface area contributed by atoms with E-state index in [0.717, 1.165) is 49.9 Å². The highest BCUT2D eigenvalue weighted by molar-refractivity contribution is 6.68. The van der Waals surface area contributed by atoms with Crippen LogP contribution in [0.2, 0.25) is 0 Å². The standard InChI is InChI=1S/C45H33B5N4O/c46-38-37(39(47)41(49)42(50)40(38)48)25-11-8-12-26(21-25)44-51-43(24-9-2-1-3-10-24)52-45(53-44)27-17-19-31-32-23-28(18-20-35(32)55-36(31)22-27)54-33-15-6-4-13-29(33)30-14-5-7-16-34(30)54/h1-23H,46-50H2. The first-order chi connectivity index (χ1) is 26.8. The van der Waals surface area contributed by atoms with Crippen molar-refractivity contribution in [1.29, 1.82) is 0 Å². The molecule has 10 aromatic rings. The van der Waals surface area contributed by atoms with Gasteiger partial charge in [-0.25, -0.2) is 15.0 Å². The van der Waals surface area contributed by atoms with E-state index in [1.165, 1.54) is 54.7 Å².